The van der Waals surface area contributed by atoms with E-state index in [0.717, 1.165) is 17.6 Å². The molecule has 0 aliphatic rings. The van der Waals surface area contributed by atoms with Gasteiger partial charge in [-0.2, -0.15) is 4.98 Å². The van der Waals surface area contributed by atoms with E-state index in [1.807, 2.05) is 31.3 Å². The fourth-order valence-corrected chi connectivity index (χ4v) is 1.29. The first kappa shape index (κ1) is 9.98. The highest BCUT2D eigenvalue weighted by atomic mass is 16.4. The number of fused-ring (bicyclic) bond motifs is 1. The molecule has 15 heavy (non-hydrogen) atoms. The van der Waals surface area contributed by atoms with Gasteiger partial charge in [0.25, 0.3) is 6.01 Å². The summed E-state index contributed by atoms with van der Waals surface area (Å²) in [5.41, 5.74) is 1.70. The van der Waals surface area contributed by atoms with Crippen molar-refractivity contribution in [2.24, 2.45) is 0 Å². The molecule has 0 aliphatic heterocycles. The van der Waals surface area contributed by atoms with Crippen LogP contribution >= 0.6 is 0 Å². The van der Waals surface area contributed by atoms with Crippen LogP contribution in [0.15, 0.2) is 28.7 Å². The highest BCUT2D eigenvalue weighted by molar-refractivity contribution is 5.74. The Hall–Kier alpha value is -1.55. The summed E-state index contributed by atoms with van der Waals surface area (Å²) in [4.78, 5) is 4.31. The van der Waals surface area contributed by atoms with Gasteiger partial charge < -0.3 is 15.1 Å². The van der Waals surface area contributed by atoms with Gasteiger partial charge in [-0.25, -0.2) is 0 Å². The molecule has 4 nitrogen and oxygen atoms in total. The Morgan fingerprint density at radius 1 is 1.40 bits per heavy atom. The quantitative estimate of drug-likeness (QED) is 0.799. The summed E-state index contributed by atoms with van der Waals surface area (Å²) in [5.74, 6) is 0. The highest BCUT2D eigenvalue weighted by Crippen LogP contribution is 2.17. The van der Waals surface area contributed by atoms with E-state index < -0.39 is 0 Å². The van der Waals surface area contributed by atoms with Crippen LogP contribution < -0.4 is 10.6 Å². The zero-order valence-electron chi connectivity index (χ0n) is 8.95. The predicted molar refractivity (Wildman–Crippen MR) is 61.0 cm³/mol. The smallest absolute Gasteiger partial charge is 0.295 e. The van der Waals surface area contributed by atoms with Gasteiger partial charge in [-0.3, -0.25) is 0 Å². The Labute approximate surface area is 88.7 Å². The molecule has 2 N–H and O–H groups in total. The van der Waals surface area contributed by atoms with Gasteiger partial charge in [0, 0.05) is 12.6 Å². The zero-order valence-corrected chi connectivity index (χ0v) is 8.95. The van der Waals surface area contributed by atoms with Crippen molar-refractivity contribution < 1.29 is 4.42 Å². The number of nitrogens with zero attached hydrogens (tertiary/aromatic N) is 1. The van der Waals surface area contributed by atoms with E-state index in [4.69, 9.17) is 4.42 Å². The lowest BCUT2D eigenvalue weighted by atomic mass is 10.3. The van der Waals surface area contributed by atoms with Gasteiger partial charge in [-0.05, 0) is 26.1 Å². The average Bonchev–Trinajstić information content (AvgIpc) is 2.68. The molecule has 0 bridgehead atoms. The zero-order chi connectivity index (χ0) is 10.7. The van der Waals surface area contributed by atoms with Gasteiger partial charge in [0.05, 0.1) is 0 Å². The lowest BCUT2D eigenvalue weighted by Crippen LogP contribution is -2.29. The molecule has 0 aliphatic carbocycles. The third-order valence-electron chi connectivity index (χ3n) is 2.35. The Morgan fingerprint density at radius 3 is 2.93 bits per heavy atom. The van der Waals surface area contributed by atoms with Crippen LogP contribution in [0, 0.1) is 0 Å². The highest BCUT2D eigenvalue weighted by Gasteiger charge is 2.05. The van der Waals surface area contributed by atoms with Crippen molar-refractivity contribution >= 4 is 17.1 Å². The fourth-order valence-electron chi connectivity index (χ4n) is 1.29. The molecule has 1 heterocycles. The van der Waals surface area contributed by atoms with E-state index in [0.29, 0.717) is 12.1 Å². The van der Waals surface area contributed by atoms with Crippen LogP contribution in [0.2, 0.25) is 0 Å². The van der Waals surface area contributed by atoms with Crippen molar-refractivity contribution in [2.75, 3.05) is 18.9 Å². The number of benzene rings is 1. The maximum Gasteiger partial charge on any atom is 0.295 e. The summed E-state index contributed by atoms with van der Waals surface area (Å²) >= 11 is 0. The molecule has 4 heteroatoms. The van der Waals surface area contributed by atoms with E-state index in [1.165, 1.54) is 0 Å². The van der Waals surface area contributed by atoms with E-state index in [2.05, 4.69) is 22.5 Å². The van der Waals surface area contributed by atoms with Crippen molar-refractivity contribution in [3.8, 4) is 0 Å². The number of hydrogen-bond donors (Lipinski definition) is 2. The monoisotopic (exact) mass is 205 g/mol. The Bertz CT molecular complexity index is 405. The second-order valence-corrected chi connectivity index (χ2v) is 3.56. The van der Waals surface area contributed by atoms with Crippen molar-refractivity contribution in [2.45, 2.75) is 13.0 Å². The molecule has 80 valence electrons. The number of nitrogens with one attached hydrogen (secondary N) is 2. The lowest BCUT2D eigenvalue weighted by molar-refractivity contribution is 0.588. The Balaban J connectivity index is 2.09. The van der Waals surface area contributed by atoms with Gasteiger partial charge in [-0.15, -0.1) is 0 Å². The van der Waals surface area contributed by atoms with Crippen LogP contribution in [-0.2, 0) is 0 Å². The van der Waals surface area contributed by atoms with Crippen molar-refractivity contribution in [3.05, 3.63) is 24.3 Å². The van der Waals surface area contributed by atoms with E-state index in [9.17, 15) is 0 Å². The van der Waals surface area contributed by atoms with Crippen LogP contribution in [0.25, 0.3) is 11.1 Å². The number of oxazole rings is 1. The van der Waals surface area contributed by atoms with Crippen LogP contribution in [0.3, 0.4) is 0 Å². The molecule has 1 unspecified atom stereocenters. The van der Waals surface area contributed by atoms with Crippen LogP contribution in [0.1, 0.15) is 6.92 Å². The average molecular weight is 205 g/mol. The maximum absolute atomic E-state index is 5.51. The number of hydrogen-bond acceptors (Lipinski definition) is 4. The summed E-state index contributed by atoms with van der Waals surface area (Å²) < 4.78 is 5.51. The number of likely N-dealkylation sites (N-methyl/N-ethyl adjacent to an activating group) is 1. The summed E-state index contributed by atoms with van der Waals surface area (Å²) in [6.45, 7) is 2.89. The molecule has 0 saturated heterocycles. The minimum atomic E-state index is 0.389. The number of para-hydroxylation sites is 2. The van der Waals surface area contributed by atoms with E-state index >= 15 is 0 Å². The molecule has 2 rings (SSSR count). The Kier molecular flexibility index (Phi) is 2.87. The van der Waals surface area contributed by atoms with Crippen molar-refractivity contribution in [3.63, 3.8) is 0 Å². The van der Waals surface area contributed by atoms with E-state index in [1.54, 1.807) is 0 Å². The largest absolute Gasteiger partial charge is 0.424 e. The minimum absolute atomic E-state index is 0.389. The summed E-state index contributed by atoms with van der Waals surface area (Å²) in [5, 5.41) is 6.28. The van der Waals surface area contributed by atoms with Crippen LogP contribution in [-0.4, -0.2) is 24.6 Å². The first-order valence-corrected chi connectivity index (χ1v) is 5.06. The standard InChI is InChI=1S/C11H15N3O/c1-8(12-2)7-13-11-14-9-5-3-4-6-10(9)15-11/h3-6,8,12H,7H2,1-2H3,(H,13,14). The van der Waals surface area contributed by atoms with Gasteiger partial charge in [-0.1, -0.05) is 12.1 Å². The molecule has 1 atom stereocenters. The molecule has 0 fully saturated rings. The van der Waals surface area contributed by atoms with Crippen LogP contribution in [0.4, 0.5) is 6.01 Å². The molecular formula is C11H15N3O. The lowest BCUT2D eigenvalue weighted by Gasteiger charge is -2.08. The second-order valence-electron chi connectivity index (χ2n) is 3.56. The molecule has 0 spiro atoms. The molecule has 1 aromatic carbocycles. The molecule has 0 radical (unpaired) electrons. The normalized spacial score (nSPS) is 12.9. The first-order chi connectivity index (χ1) is 7.29. The predicted octanol–water partition coefficient (Wildman–Crippen LogP) is 1.85. The van der Waals surface area contributed by atoms with Gasteiger partial charge in [0.15, 0.2) is 5.58 Å². The number of aromatic nitrogens is 1. The van der Waals surface area contributed by atoms with Gasteiger partial charge in [0.1, 0.15) is 5.52 Å². The minimum Gasteiger partial charge on any atom is -0.424 e. The maximum atomic E-state index is 5.51. The summed E-state index contributed by atoms with van der Waals surface area (Å²) in [7, 11) is 1.93. The molecule has 0 saturated carbocycles. The third-order valence-corrected chi connectivity index (χ3v) is 2.35. The van der Waals surface area contributed by atoms with Crippen LogP contribution in [0.5, 0.6) is 0 Å². The SMILES string of the molecule is CNC(C)CNc1nc2ccccc2o1. The molecular weight excluding hydrogens is 190 g/mol. The van der Waals surface area contributed by atoms with E-state index in [-0.39, 0.29) is 0 Å². The van der Waals surface area contributed by atoms with Crippen molar-refractivity contribution in [1.82, 2.24) is 10.3 Å². The van der Waals surface area contributed by atoms with Gasteiger partial charge >= 0.3 is 0 Å². The van der Waals surface area contributed by atoms with Gasteiger partial charge in [0.2, 0.25) is 0 Å². The second kappa shape index (κ2) is 4.31. The molecule has 2 aromatic rings. The first-order valence-electron chi connectivity index (χ1n) is 5.06. The summed E-state index contributed by atoms with van der Waals surface area (Å²) in [6.07, 6.45) is 0. The fraction of sp³-hybridized carbons (Fsp3) is 0.364. The molecule has 1 aromatic heterocycles. The Morgan fingerprint density at radius 2 is 2.20 bits per heavy atom. The topological polar surface area (TPSA) is 50.1 Å². The number of anilines is 1. The third kappa shape index (κ3) is 2.27. The number of rotatable bonds is 4. The van der Waals surface area contributed by atoms with Crippen molar-refractivity contribution in [1.29, 1.82) is 0 Å². The molecule has 0 amide bonds. The summed E-state index contributed by atoms with van der Waals surface area (Å²) in [6, 6.07) is 8.71.